The molecule has 0 aliphatic heterocycles. The van der Waals surface area contributed by atoms with Gasteiger partial charge >= 0.3 is 5.97 Å². The number of carbonyl (C=O) groups excluding carboxylic acids is 1. The van der Waals surface area contributed by atoms with Crippen LogP contribution in [0.5, 0.6) is 0 Å². The van der Waals surface area contributed by atoms with Gasteiger partial charge in [-0.05, 0) is 36.5 Å². The maximum absolute atomic E-state index is 11.5. The summed E-state index contributed by atoms with van der Waals surface area (Å²) in [5.41, 5.74) is 0.890. The van der Waals surface area contributed by atoms with Gasteiger partial charge in [0.15, 0.2) is 0 Å². The lowest BCUT2D eigenvalue weighted by atomic mass is 9.91. The fourth-order valence-corrected chi connectivity index (χ4v) is 1.34. The van der Waals surface area contributed by atoms with Gasteiger partial charge in [0.2, 0.25) is 0 Å². The van der Waals surface area contributed by atoms with Gasteiger partial charge in [-0.2, -0.15) is 0 Å². The summed E-state index contributed by atoms with van der Waals surface area (Å²) in [5, 5.41) is 0. The average Bonchev–Trinajstić information content (AvgIpc) is 2.28. The fraction of sp³-hybridized carbons (Fsp3) is 0.400. The summed E-state index contributed by atoms with van der Waals surface area (Å²) >= 11 is 0. The Hall–Kier alpha value is -1.57. The highest BCUT2D eigenvalue weighted by Crippen LogP contribution is 2.20. The molecule has 0 aliphatic carbocycles. The van der Waals surface area contributed by atoms with Gasteiger partial charge in [0.25, 0.3) is 0 Å². The van der Waals surface area contributed by atoms with Crippen LogP contribution >= 0.6 is 0 Å². The summed E-state index contributed by atoms with van der Waals surface area (Å²) in [6.45, 7) is 6.57. The lowest BCUT2D eigenvalue weighted by Gasteiger charge is -2.15. The van der Waals surface area contributed by atoms with Crippen LogP contribution in [0.25, 0.3) is 0 Å². The van der Waals surface area contributed by atoms with Crippen LogP contribution in [0.2, 0.25) is 0 Å². The molecule has 0 aliphatic rings. The summed E-state index contributed by atoms with van der Waals surface area (Å²) in [5.74, 6) is -0.308. The van der Waals surface area contributed by atoms with Gasteiger partial charge < -0.3 is 4.74 Å². The molecule has 92 valence electrons. The van der Waals surface area contributed by atoms with Crippen LogP contribution in [-0.2, 0) is 4.74 Å². The van der Waals surface area contributed by atoms with E-state index in [4.69, 9.17) is 4.74 Å². The number of benzene rings is 1. The van der Waals surface area contributed by atoms with Crippen molar-refractivity contribution in [1.29, 1.82) is 0 Å². The van der Waals surface area contributed by atoms with Gasteiger partial charge in [-0.1, -0.05) is 39.0 Å². The molecule has 0 bridgehead atoms. The second-order valence-electron chi connectivity index (χ2n) is 5.24. The van der Waals surface area contributed by atoms with Gasteiger partial charge in [-0.15, -0.1) is 0 Å². The van der Waals surface area contributed by atoms with E-state index in [1.165, 1.54) is 6.26 Å². The summed E-state index contributed by atoms with van der Waals surface area (Å²) in [6.07, 6.45) is 5.38. The van der Waals surface area contributed by atoms with Crippen molar-refractivity contribution >= 4 is 5.97 Å². The van der Waals surface area contributed by atoms with Crippen molar-refractivity contribution in [2.75, 3.05) is 0 Å². The van der Waals surface area contributed by atoms with Gasteiger partial charge in [-0.3, -0.25) is 0 Å². The van der Waals surface area contributed by atoms with Crippen LogP contribution in [0.4, 0.5) is 0 Å². The van der Waals surface area contributed by atoms with Gasteiger partial charge in [0, 0.05) is 0 Å². The molecule has 0 radical (unpaired) electrons. The van der Waals surface area contributed by atoms with Crippen molar-refractivity contribution < 1.29 is 9.53 Å². The number of rotatable bonds is 4. The number of hydrogen-bond donors (Lipinski definition) is 0. The lowest BCUT2D eigenvalue weighted by molar-refractivity contribution is 0.0662. The Morgan fingerprint density at radius 2 is 1.88 bits per heavy atom. The molecule has 0 saturated carbocycles. The normalized spacial score (nSPS) is 11.7. The van der Waals surface area contributed by atoms with Crippen LogP contribution in [0.15, 0.2) is 42.7 Å². The molecule has 0 heterocycles. The number of allylic oxidation sites excluding steroid dienone is 1. The van der Waals surface area contributed by atoms with E-state index in [0.29, 0.717) is 11.0 Å². The molecule has 0 N–H and O–H groups in total. The lowest BCUT2D eigenvalue weighted by Crippen LogP contribution is -2.03. The topological polar surface area (TPSA) is 26.3 Å². The molecule has 0 spiro atoms. The van der Waals surface area contributed by atoms with Crippen LogP contribution in [0.1, 0.15) is 44.0 Å². The second-order valence-corrected chi connectivity index (χ2v) is 5.24. The van der Waals surface area contributed by atoms with Crippen LogP contribution in [0.3, 0.4) is 0 Å². The number of hydrogen-bond acceptors (Lipinski definition) is 2. The summed E-state index contributed by atoms with van der Waals surface area (Å²) in [7, 11) is 0. The Morgan fingerprint density at radius 1 is 1.24 bits per heavy atom. The Morgan fingerprint density at radius 3 is 2.47 bits per heavy atom. The highest BCUT2D eigenvalue weighted by molar-refractivity contribution is 5.89. The molecule has 0 unspecified atom stereocenters. The van der Waals surface area contributed by atoms with Crippen molar-refractivity contribution in [2.24, 2.45) is 5.41 Å². The predicted molar refractivity (Wildman–Crippen MR) is 69.7 cm³/mol. The fourth-order valence-electron chi connectivity index (χ4n) is 1.34. The van der Waals surface area contributed by atoms with Crippen LogP contribution in [-0.4, -0.2) is 5.97 Å². The molecular formula is C15H20O2. The average molecular weight is 232 g/mol. The van der Waals surface area contributed by atoms with E-state index in [0.717, 1.165) is 12.8 Å². The van der Waals surface area contributed by atoms with Crippen molar-refractivity contribution in [3.8, 4) is 0 Å². The SMILES string of the molecule is CC(C)(C)CCC=COC(=O)c1ccccc1. The third-order valence-electron chi connectivity index (χ3n) is 2.34. The molecule has 0 saturated heterocycles. The van der Waals surface area contributed by atoms with E-state index in [9.17, 15) is 4.79 Å². The summed E-state index contributed by atoms with van der Waals surface area (Å²) in [6, 6.07) is 8.99. The standard InChI is InChI=1S/C15H20O2/c1-15(2,3)11-7-8-12-17-14(16)13-9-5-4-6-10-13/h4-6,8-10,12H,7,11H2,1-3H3. The molecule has 1 rings (SSSR count). The van der Waals surface area contributed by atoms with Gasteiger partial charge in [0.05, 0.1) is 11.8 Å². The molecule has 0 amide bonds. The van der Waals surface area contributed by atoms with Crippen molar-refractivity contribution in [2.45, 2.75) is 33.6 Å². The molecule has 1 aromatic carbocycles. The Balaban J connectivity index is 2.32. The number of esters is 1. The summed E-state index contributed by atoms with van der Waals surface area (Å²) < 4.78 is 5.02. The van der Waals surface area contributed by atoms with E-state index in [1.807, 2.05) is 24.3 Å². The minimum atomic E-state index is -0.308. The molecule has 2 heteroatoms. The zero-order valence-electron chi connectivity index (χ0n) is 10.8. The van der Waals surface area contributed by atoms with Gasteiger partial charge in [0.1, 0.15) is 0 Å². The molecule has 0 fully saturated rings. The predicted octanol–water partition coefficient (Wildman–Crippen LogP) is 4.18. The van der Waals surface area contributed by atoms with E-state index in [-0.39, 0.29) is 5.97 Å². The first-order valence-corrected chi connectivity index (χ1v) is 5.90. The van der Waals surface area contributed by atoms with E-state index < -0.39 is 0 Å². The molecule has 2 nitrogen and oxygen atoms in total. The van der Waals surface area contributed by atoms with E-state index in [2.05, 4.69) is 20.8 Å². The van der Waals surface area contributed by atoms with Crippen LogP contribution < -0.4 is 0 Å². The summed E-state index contributed by atoms with van der Waals surface area (Å²) in [4.78, 5) is 11.5. The van der Waals surface area contributed by atoms with Crippen molar-refractivity contribution in [3.63, 3.8) is 0 Å². The number of carbonyl (C=O) groups is 1. The van der Waals surface area contributed by atoms with Gasteiger partial charge in [-0.25, -0.2) is 4.79 Å². The highest BCUT2D eigenvalue weighted by atomic mass is 16.5. The van der Waals surface area contributed by atoms with E-state index >= 15 is 0 Å². The van der Waals surface area contributed by atoms with E-state index in [1.54, 1.807) is 12.1 Å². The maximum atomic E-state index is 11.5. The smallest absolute Gasteiger partial charge is 0.342 e. The minimum absolute atomic E-state index is 0.308. The largest absolute Gasteiger partial charge is 0.431 e. The monoisotopic (exact) mass is 232 g/mol. The van der Waals surface area contributed by atoms with Crippen LogP contribution in [0, 0.1) is 5.41 Å². The zero-order chi connectivity index (χ0) is 12.7. The minimum Gasteiger partial charge on any atom is -0.431 e. The highest BCUT2D eigenvalue weighted by Gasteiger charge is 2.08. The Kier molecular flexibility index (Phi) is 4.95. The molecule has 0 aromatic heterocycles. The first-order valence-electron chi connectivity index (χ1n) is 5.90. The molecule has 17 heavy (non-hydrogen) atoms. The Bertz CT molecular complexity index is 372. The quantitative estimate of drug-likeness (QED) is 0.575. The van der Waals surface area contributed by atoms with Crippen molar-refractivity contribution in [3.05, 3.63) is 48.2 Å². The second kappa shape index (κ2) is 6.24. The first-order chi connectivity index (χ1) is 7.99. The molecule has 1 aromatic rings. The third kappa shape index (κ3) is 5.91. The van der Waals surface area contributed by atoms with Crippen molar-refractivity contribution in [1.82, 2.24) is 0 Å². The number of ether oxygens (including phenoxy) is 1. The maximum Gasteiger partial charge on any atom is 0.342 e. The first kappa shape index (κ1) is 13.5. The zero-order valence-corrected chi connectivity index (χ0v) is 10.8. The Labute approximate surface area is 103 Å². The third-order valence-corrected chi connectivity index (χ3v) is 2.34. The molecule has 0 atom stereocenters. The molecular weight excluding hydrogens is 212 g/mol.